The van der Waals surface area contributed by atoms with Crippen LogP contribution in [0.2, 0.25) is 0 Å². The molecule has 1 fully saturated rings. The quantitative estimate of drug-likeness (QED) is 0.835. The van der Waals surface area contributed by atoms with Gasteiger partial charge in [0.15, 0.2) is 6.61 Å². The summed E-state index contributed by atoms with van der Waals surface area (Å²) in [5.41, 5.74) is 1.25. The van der Waals surface area contributed by atoms with Crippen LogP contribution in [0.3, 0.4) is 0 Å². The highest BCUT2D eigenvalue weighted by Crippen LogP contribution is 2.24. The number of rotatable bonds is 6. The number of aliphatic hydroxyl groups excluding tert-OH is 1. The van der Waals surface area contributed by atoms with E-state index in [1.165, 1.54) is 5.56 Å². The van der Waals surface area contributed by atoms with Gasteiger partial charge in [0.1, 0.15) is 5.75 Å². The van der Waals surface area contributed by atoms with Crippen LogP contribution in [-0.2, 0) is 11.2 Å². The van der Waals surface area contributed by atoms with Crippen molar-refractivity contribution in [3.05, 3.63) is 29.8 Å². The Balaban J connectivity index is 1.66. The van der Waals surface area contributed by atoms with Gasteiger partial charge in [-0.05, 0) is 49.3 Å². The minimum atomic E-state index is -0.190. The number of nitrogens with one attached hydrogen (secondary N) is 1. The van der Waals surface area contributed by atoms with E-state index in [2.05, 4.69) is 12.2 Å². The Bertz CT molecular complexity index is 430. The van der Waals surface area contributed by atoms with Crippen molar-refractivity contribution in [2.75, 3.05) is 13.2 Å². The van der Waals surface area contributed by atoms with Crippen molar-refractivity contribution in [2.45, 2.75) is 38.7 Å². The minimum Gasteiger partial charge on any atom is -0.484 e. The first-order valence-electron chi connectivity index (χ1n) is 7.34. The van der Waals surface area contributed by atoms with Crippen LogP contribution in [0, 0.1) is 5.92 Å². The summed E-state index contributed by atoms with van der Waals surface area (Å²) in [5, 5.41) is 12.3. The van der Waals surface area contributed by atoms with E-state index in [1.54, 1.807) is 0 Å². The molecule has 4 nitrogen and oxygen atoms in total. The number of amides is 1. The maximum absolute atomic E-state index is 11.7. The molecule has 2 rings (SSSR count). The maximum atomic E-state index is 11.7. The maximum Gasteiger partial charge on any atom is 0.257 e. The molecule has 1 aliphatic carbocycles. The normalized spacial score (nSPS) is 21.7. The molecular weight excluding hydrogens is 254 g/mol. The third-order valence-electron chi connectivity index (χ3n) is 3.80. The van der Waals surface area contributed by atoms with Crippen molar-refractivity contribution in [2.24, 2.45) is 5.92 Å². The van der Waals surface area contributed by atoms with Crippen molar-refractivity contribution in [1.82, 2.24) is 5.32 Å². The van der Waals surface area contributed by atoms with E-state index >= 15 is 0 Å². The van der Waals surface area contributed by atoms with Gasteiger partial charge < -0.3 is 15.2 Å². The van der Waals surface area contributed by atoms with Crippen LogP contribution < -0.4 is 10.1 Å². The highest BCUT2D eigenvalue weighted by molar-refractivity contribution is 5.77. The number of hydrogen-bond donors (Lipinski definition) is 2. The highest BCUT2D eigenvalue weighted by Gasteiger charge is 2.22. The van der Waals surface area contributed by atoms with Gasteiger partial charge >= 0.3 is 0 Å². The van der Waals surface area contributed by atoms with Gasteiger partial charge in [-0.1, -0.05) is 19.1 Å². The standard InChI is InChI=1S/C16H23NO3/c1-2-12-4-7-15(8-5-12)20-11-16(19)17-10-13-3-6-14(18)9-13/h4-5,7-8,13-14,18H,2-3,6,9-11H2,1H3,(H,17,19). The summed E-state index contributed by atoms with van der Waals surface area (Å²) in [6.07, 6.45) is 3.43. The second-order valence-electron chi connectivity index (χ2n) is 5.42. The molecular formula is C16H23NO3. The Hall–Kier alpha value is -1.55. The molecule has 110 valence electrons. The van der Waals surface area contributed by atoms with Crippen molar-refractivity contribution in [3.8, 4) is 5.75 Å². The molecule has 1 aliphatic rings. The van der Waals surface area contributed by atoms with E-state index in [0.29, 0.717) is 18.2 Å². The first kappa shape index (κ1) is 14.9. The molecule has 0 bridgehead atoms. The molecule has 2 atom stereocenters. The van der Waals surface area contributed by atoms with Gasteiger partial charge in [-0.3, -0.25) is 4.79 Å². The van der Waals surface area contributed by atoms with Crippen LogP contribution >= 0.6 is 0 Å². The third-order valence-corrected chi connectivity index (χ3v) is 3.80. The fourth-order valence-electron chi connectivity index (χ4n) is 2.51. The molecule has 0 heterocycles. The Morgan fingerprint density at radius 3 is 2.70 bits per heavy atom. The topological polar surface area (TPSA) is 58.6 Å². The van der Waals surface area contributed by atoms with Crippen molar-refractivity contribution in [3.63, 3.8) is 0 Å². The second-order valence-corrected chi connectivity index (χ2v) is 5.42. The molecule has 4 heteroatoms. The van der Waals surface area contributed by atoms with Gasteiger partial charge in [0.25, 0.3) is 5.91 Å². The van der Waals surface area contributed by atoms with Crippen LogP contribution in [0.5, 0.6) is 5.75 Å². The summed E-state index contributed by atoms with van der Waals surface area (Å²) < 4.78 is 5.44. The molecule has 0 radical (unpaired) electrons. The second kappa shape index (κ2) is 7.29. The molecule has 1 saturated carbocycles. The first-order valence-corrected chi connectivity index (χ1v) is 7.34. The van der Waals surface area contributed by atoms with E-state index < -0.39 is 0 Å². The summed E-state index contributed by atoms with van der Waals surface area (Å²) in [4.78, 5) is 11.7. The van der Waals surface area contributed by atoms with Gasteiger partial charge in [-0.25, -0.2) is 0 Å². The zero-order chi connectivity index (χ0) is 14.4. The van der Waals surface area contributed by atoms with Crippen molar-refractivity contribution >= 4 is 5.91 Å². The summed E-state index contributed by atoms with van der Waals surface area (Å²) in [5.74, 6) is 1.01. The number of carbonyl (C=O) groups is 1. The molecule has 0 saturated heterocycles. The smallest absolute Gasteiger partial charge is 0.257 e. The Labute approximate surface area is 120 Å². The van der Waals surface area contributed by atoms with Gasteiger partial charge in [0.2, 0.25) is 0 Å². The number of carbonyl (C=O) groups excluding carboxylic acids is 1. The van der Waals surface area contributed by atoms with E-state index in [9.17, 15) is 9.90 Å². The average Bonchev–Trinajstić information content (AvgIpc) is 2.89. The van der Waals surface area contributed by atoms with E-state index in [-0.39, 0.29) is 18.6 Å². The Morgan fingerprint density at radius 1 is 1.35 bits per heavy atom. The number of aryl methyl sites for hydroxylation is 1. The van der Waals surface area contributed by atoms with E-state index in [4.69, 9.17) is 4.74 Å². The molecule has 0 spiro atoms. The predicted octanol–water partition coefficient (Wildman–Crippen LogP) is 1.91. The minimum absolute atomic E-state index is 0.0424. The fourth-order valence-corrected chi connectivity index (χ4v) is 2.51. The molecule has 20 heavy (non-hydrogen) atoms. The Morgan fingerprint density at radius 2 is 2.10 bits per heavy atom. The van der Waals surface area contributed by atoms with Gasteiger partial charge in [-0.2, -0.15) is 0 Å². The van der Waals surface area contributed by atoms with Crippen LogP contribution in [0.4, 0.5) is 0 Å². The van der Waals surface area contributed by atoms with Gasteiger partial charge in [0, 0.05) is 6.54 Å². The highest BCUT2D eigenvalue weighted by atomic mass is 16.5. The monoisotopic (exact) mass is 277 g/mol. The largest absolute Gasteiger partial charge is 0.484 e. The molecule has 1 aromatic carbocycles. The summed E-state index contributed by atoms with van der Waals surface area (Å²) in [6.45, 7) is 2.78. The molecule has 0 aromatic heterocycles. The average molecular weight is 277 g/mol. The van der Waals surface area contributed by atoms with Gasteiger partial charge in [-0.15, -0.1) is 0 Å². The third kappa shape index (κ3) is 4.53. The summed E-state index contributed by atoms with van der Waals surface area (Å²) in [6, 6.07) is 7.79. The van der Waals surface area contributed by atoms with Gasteiger partial charge in [0.05, 0.1) is 6.10 Å². The number of benzene rings is 1. The van der Waals surface area contributed by atoms with E-state index in [1.807, 2.05) is 24.3 Å². The zero-order valence-corrected chi connectivity index (χ0v) is 12.0. The molecule has 2 N–H and O–H groups in total. The lowest BCUT2D eigenvalue weighted by Gasteiger charge is -2.11. The lowest BCUT2D eigenvalue weighted by atomic mass is 10.1. The fraction of sp³-hybridized carbons (Fsp3) is 0.562. The van der Waals surface area contributed by atoms with Crippen LogP contribution in [0.15, 0.2) is 24.3 Å². The lowest BCUT2D eigenvalue weighted by molar-refractivity contribution is -0.123. The van der Waals surface area contributed by atoms with Crippen LogP contribution in [0.1, 0.15) is 31.7 Å². The molecule has 2 unspecified atom stereocenters. The van der Waals surface area contributed by atoms with Crippen molar-refractivity contribution in [1.29, 1.82) is 0 Å². The van der Waals surface area contributed by atoms with Crippen LogP contribution in [-0.4, -0.2) is 30.3 Å². The van der Waals surface area contributed by atoms with E-state index in [0.717, 1.165) is 25.7 Å². The SMILES string of the molecule is CCc1ccc(OCC(=O)NCC2CCC(O)C2)cc1. The summed E-state index contributed by atoms with van der Waals surface area (Å²) in [7, 11) is 0. The lowest BCUT2D eigenvalue weighted by Crippen LogP contribution is -2.32. The zero-order valence-electron chi connectivity index (χ0n) is 12.0. The van der Waals surface area contributed by atoms with Crippen molar-refractivity contribution < 1.29 is 14.6 Å². The number of hydrogen-bond acceptors (Lipinski definition) is 3. The predicted molar refractivity (Wildman–Crippen MR) is 77.7 cm³/mol. The Kier molecular flexibility index (Phi) is 5.41. The molecule has 1 aromatic rings. The van der Waals surface area contributed by atoms with Crippen LogP contribution in [0.25, 0.3) is 0 Å². The molecule has 0 aliphatic heterocycles. The molecule has 1 amide bonds. The number of aliphatic hydroxyl groups is 1. The summed E-state index contributed by atoms with van der Waals surface area (Å²) >= 11 is 0. The number of ether oxygens (including phenoxy) is 1. The first-order chi connectivity index (χ1) is 9.67.